The molecule has 1 saturated heterocycles. The third kappa shape index (κ3) is 4.50. The molecule has 29 heavy (non-hydrogen) atoms. The van der Waals surface area contributed by atoms with Crippen molar-refractivity contribution in [1.82, 2.24) is 9.97 Å². The molecule has 0 spiro atoms. The van der Waals surface area contributed by atoms with Crippen LogP contribution in [0.15, 0.2) is 60.9 Å². The molecule has 2 heterocycles. The Morgan fingerprint density at radius 3 is 2.55 bits per heavy atom. The van der Waals surface area contributed by atoms with Gasteiger partial charge in [-0.25, -0.2) is 9.97 Å². The summed E-state index contributed by atoms with van der Waals surface area (Å²) in [5.41, 5.74) is 3.36. The fraction of sp³-hybridized carbons (Fsp3) is 0.182. The summed E-state index contributed by atoms with van der Waals surface area (Å²) in [4.78, 5) is 23.1. The first kappa shape index (κ1) is 18.4. The van der Waals surface area contributed by atoms with Crippen molar-refractivity contribution in [2.24, 2.45) is 0 Å². The van der Waals surface area contributed by atoms with Gasteiger partial charge < -0.3 is 15.5 Å². The van der Waals surface area contributed by atoms with Gasteiger partial charge in [-0.3, -0.25) is 4.79 Å². The van der Waals surface area contributed by atoms with Gasteiger partial charge in [0.1, 0.15) is 17.8 Å². The van der Waals surface area contributed by atoms with E-state index in [9.17, 15) is 4.79 Å². The first-order chi connectivity index (χ1) is 14.2. The van der Waals surface area contributed by atoms with E-state index >= 15 is 0 Å². The Morgan fingerprint density at radius 2 is 1.79 bits per heavy atom. The van der Waals surface area contributed by atoms with Gasteiger partial charge in [-0.05, 0) is 55.3 Å². The van der Waals surface area contributed by atoms with Crippen molar-refractivity contribution in [2.45, 2.75) is 12.8 Å². The Kier molecular flexibility index (Phi) is 5.34. The molecule has 3 aromatic rings. The van der Waals surface area contributed by atoms with Crippen LogP contribution >= 0.6 is 0 Å². The zero-order valence-corrected chi connectivity index (χ0v) is 15.8. The predicted octanol–water partition coefficient (Wildman–Crippen LogP) is 3.94. The number of carbonyl (C=O) groups excluding carboxylic acids is 1. The van der Waals surface area contributed by atoms with Crippen LogP contribution in [0.3, 0.4) is 0 Å². The van der Waals surface area contributed by atoms with Crippen LogP contribution in [-0.4, -0.2) is 29.0 Å². The lowest BCUT2D eigenvalue weighted by atomic mass is 10.2. The second kappa shape index (κ2) is 8.40. The minimum Gasteiger partial charge on any atom is -0.372 e. The normalized spacial score (nSPS) is 13.0. The molecule has 1 aliphatic rings. The highest BCUT2D eigenvalue weighted by Gasteiger charge is 2.12. The molecule has 0 atom stereocenters. The molecule has 4 rings (SSSR count). The van der Waals surface area contributed by atoms with Crippen LogP contribution in [0.2, 0.25) is 0 Å². The SMILES string of the molecule is N#Cc1cccc(NC(=O)c2cc(Nc3ccc(N4CCCC4)cc3)ncn2)c1. The molecule has 0 radical (unpaired) electrons. The topological polar surface area (TPSA) is 93.9 Å². The Bertz CT molecular complexity index is 1050. The molecule has 2 N–H and O–H groups in total. The molecule has 144 valence electrons. The third-order valence-electron chi connectivity index (χ3n) is 4.76. The number of aromatic nitrogens is 2. The monoisotopic (exact) mass is 384 g/mol. The van der Waals surface area contributed by atoms with Gasteiger partial charge in [0.05, 0.1) is 11.6 Å². The molecule has 7 heteroatoms. The molecule has 1 amide bonds. The van der Waals surface area contributed by atoms with Crippen LogP contribution in [0.4, 0.5) is 22.9 Å². The fourth-order valence-electron chi connectivity index (χ4n) is 3.29. The van der Waals surface area contributed by atoms with Gasteiger partial charge in [0.15, 0.2) is 0 Å². The van der Waals surface area contributed by atoms with E-state index in [1.165, 1.54) is 24.9 Å². The van der Waals surface area contributed by atoms with Gasteiger partial charge in [0, 0.05) is 36.2 Å². The van der Waals surface area contributed by atoms with Gasteiger partial charge in [0.2, 0.25) is 0 Å². The standard InChI is InChI=1S/C22H20N6O/c23-14-16-4-3-5-18(12-16)27-22(29)20-13-21(25-15-24-20)26-17-6-8-19(9-7-17)28-10-1-2-11-28/h3-9,12-13,15H,1-2,10-11H2,(H,27,29)(H,24,25,26). The molecule has 0 bridgehead atoms. The molecule has 1 aromatic heterocycles. The van der Waals surface area contributed by atoms with Crippen molar-refractivity contribution in [3.8, 4) is 6.07 Å². The van der Waals surface area contributed by atoms with Crippen molar-refractivity contribution in [3.05, 3.63) is 72.2 Å². The lowest BCUT2D eigenvalue weighted by Crippen LogP contribution is -2.17. The van der Waals surface area contributed by atoms with Gasteiger partial charge in [0.25, 0.3) is 5.91 Å². The number of carbonyl (C=O) groups is 1. The van der Waals surface area contributed by atoms with Crippen molar-refractivity contribution in [2.75, 3.05) is 28.6 Å². The number of nitrogens with one attached hydrogen (secondary N) is 2. The summed E-state index contributed by atoms with van der Waals surface area (Å²) in [5.74, 6) is 0.166. The lowest BCUT2D eigenvalue weighted by Gasteiger charge is -2.17. The molecule has 1 aliphatic heterocycles. The van der Waals surface area contributed by atoms with E-state index in [4.69, 9.17) is 5.26 Å². The van der Waals surface area contributed by atoms with Gasteiger partial charge >= 0.3 is 0 Å². The molecule has 1 fully saturated rings. The number of hydrogen-bond acceptors (Lipinski definition) is 6. The highest BCUT2D eigenvalue weighted by atomic mass is 16.1. The van der Waals surface area contributed by atoms with Crippen LogP contribution in [0, 0.1) is 11.3 Å². The van der Waals surface area contributed by atoms with E-state index in [-0.39, 0.29) is 11.6 Å². The van der Waals surface area contributed by atoms with Crippen LogP contribution in [0.5, 0.6) is 0 Å². The largest absolute Gasteiger partial charge is 0.372 e. The summed E-state index contributed by atoms with van der Waals surface area (Å²) in [7, 11) is 0. The van der Waals surface area contributed by atoms with E-state index in [1.54, 1.807) is 30.3 Å². The van der Waals surface area contributed by atoms with Crippen molar-refractivity contribution < 1.29 is 4.79 Å². The molecule has 0 aliphatic carbocycles. The number of amides is 1. The van der Waals surface area contributed by atoms with Gasteiger partial charge in [-0.1, -0.05) is 6.07 Å². The number of benzene rings is 2. The Balaban J connectivity index is 1.44. The van der Waals surface area contributed by atoms with Gasteiger partial charge in [-0.15, -0.1) is 0 Å². The number of anilines is 4. The fourth-order valence-corrected chi connectivity index (χ4v) is 3.29. The minimum absolute atomic E-state index is 0.235. The van der Waals surface area contributed by atoms with Crippen LogP contribution in [-0.2, 0) is 0 Å². The Morgan fingerprint density at radius 1 is 1.00 bits per heavy atom. The Hall–Kier alpha value is -3.92. The zero-order valence-electron chi connectivity index (χ0n) is 15.8. The number of nitriles is 1. The maximum atomic E-state index is 12.5. The summed E-state index contributed by atoms with van der Waals surface area (Å²) in [6, 6.07) is 18.6. The number of hydrogen-bond donors (Lipinski definition) is 2. The van der Waals surface area contributed by atoms with E-state index in [0.717, 1.165) is 18.8 Å². The number of nitrogens with zero attached hydrogens (tertiary/aromatic N) is 4. The molecular weight excluding hydrogens is 364 g/mol. The van der Waals surface area contributed by atoms with E-state index in [0.29, 0.717) is 17.1 Å². The van der Waals surface area contributed by atoms with Crippen molar-refractivity contribution >= 4 is 28.8 Å². The summed E-state index contributed by atoms with van der Waals surface area (Å²) >= 11 is 0. The van der Waals surface area contributed by atoms with E-state index in [1.807, 2.05) is 18.2 Å². The minimum atomic E-state index is -0.366. The van der Waals surface area contributed by atoms with Crippen LogP contribution < -0.4 is 15.5 Å². The second-order valence-electron chi connectivity index (χ2n) is 6.80. The van der Waals surface area contributed by atoms with Crippen molar-refractivity contribution in [1.29, 1.82) is 5.26 Å². The first-order valence-electron chi connectivity index (χ1n) is 9.47. The molecular formula is C22H20N6O. The first-order valence-corrected chi connectivity index (χ1v) is 9.47. The summed E-state index contributed by atoms with van der Waals surface area (Å²) in [6.45, 7) is 2.21. The molecule has 0 saturated carbocycles. The van der Waals surface area contributed by atoms with E-state index in [2.05, 4.69) is 37.6 Å². The highest BCUT2D eigenvalue weighted by Crippen LogP contribution is 2.23. The van der Waals surface area contributed by atoms with Crippen LogP contribution in [0.1, 0.15) is 28.9 Å². The second-order valence-corrected chi connectivity index (χ2v) is 6.80. The smallest absolute Gasteiger partial charge is 0.274 e. The average Bonchev–Trinajstić information content (AvgIpc) is 3.29. The lowest BCUT2D eigenvalue weighted by molar-refractivity contribution is 0.102. The molecule has 7 nitrogen and oxygen atoms in total. The average molecular weight is 384 g/mol. The highest BCUT2D eigenvalue weighted by molar-refractivity contribution is 6.03. The summed E-state index contributed by atoms with van der Waals surface area (Å²) < 4.78 is 0. The molecule has 0 unspecified atom stereocenters. The summed E-state index contributed by atoms with van der Waals surface area (Å²) in [6.07, 6.45) is 3.83. The Labute approximate surface area is 169 Å². The van der Waals surface area contributed by atoms with Crippen LogP contribution in [0.25, 0.3) is 0 Å². The molecule has 2 aromatic carbocycles. The third-order valence-corrected chi connectivity index (χ3v) is 4.76. The summed E-state index contributed by atoms with van der Waals surface area (Å²) in [5, 5.41) is 14.9. The maximum Gasteiger partial charge on any atom is 0.274 e. The predicted molar refractivity (Wildman–Crippen MR) is 112 cm³/mol. The van der Waals surface area contributed by atoms with E-state index < -0.39 is 0 Å². The maximum absolute atomic E-state index is 12.5. The number of rotatable bonds is 5. The van der Waals surface area contributed by atoms with Crippen molar-refractivity contribution in [3.63, 3.8) is 0 Å². The quantitative estimate of drug-likeness (QED) is 0.692. The zero-order chi connectivity index (χ0) is 20.1. The van der Waals surface area contributed by atoms with Gasteiger partial charge in [-0.2, -0.15) is 5.26 Å².